The first-order valence-corrected chi connectivity index (χ1v) is 8.80. The molecule has 2 aromatic rings. The van der Waals surface area contributed by atoms with E-state index in [1.165, 1.54) is 0 Å². The van der Waals surface area contributed by atoms with Gasteiger partial charge in [-0.1, -0.05) is 0 Å². The Morgan fingerprint density at radius 1 is 1.36 bits per heavy atom. The van der Waals surface area contributed by atoms with E-state index in [1.807, 2.05) is 28.6 Å². The molecule has 0 aliphatic carbocycles. The van der Waals surface area contributed by atoms with Crippen LogP contribution < -0.4 is 0 Å². The van der Waals surface area contributed by atoms with Crippen LogP contribution in [0.15, 0.2) is 18.3 Å². The van der Waals surface area contributed by atoms with Crippen molar-refractivity contribution < 1.29 is 9.53 Å². The molecule has 3 rings (SSSR count). The van der Waals surface area contributed by atoms with E-state index in [-0.39, 0.29) is 18.6 Å². The molecule has 0 radical (unpaired) electrons. The number of hydrogen-bond donors (Lipinski definition) is 0. The number of hydrogen-bond acceptors (Lipinski definition) is 5. The highest BCUT2D eigenvalue weighted by Gasteiger charge is 2.30. The Kier molecular flexibility index (Phi) is 5.43. The lowest BCUT2D eigenvalue weighted by atomic mass is 10.0. The van der Waals surface area contributed by atoms with Crippen molar-refractivity contribution in [2.24, 2.45) is 0 Å². The molecule has 2 aromatic heterocycles. The third kappa shape index (κ3) is 3.71. The van der Waals surface area contributed by atoms with Crippen LogP contribution in [0.5, 0.6) is 0 Å². The van der Waals surface area contributed by atoms with Crippen molar-refractivity contribution in [2.45, 2.75) is 45.7 Å². The molecular weight excluding hydrogens is 318 g/mol. The van der Waals surface area contributed by atoms with Crippen LogP contribution >= 0.6 is 0 Å². The second kappa shape index (κ2) is 7.74. The molecule has 3 heterocycles. The molecule has 1 amide bonds. The van der Waals surface area contributed by atoms with Gasteiger partial charge in [0, 0.05) is 32.1 Å². The van der Waals surface area contributed by atoms with Crippen molar-refractivity contribution in [2.75, 3.05) is 20.3 Å². The van der Waals surface area contributed by atoms with Gasteiger partial charge < -0.3 is 9.64 Å². The van der Waals surface area contributed by atoms with Gasteiger partial charge >= 0.3 is 0 Å². The van der Waals surface area contributed by atoms with Crippen molar-refractivity contribution >= 4 is 5.91 Å². The lowest BCUT2D eigenvalue weighted by molar-refractivity contribution is -0.139. The highest BCUT2D eigenvalue weighted by atomic mass is 16.5. The van der Waals surface area contributed by atoms with Crippen molar-refractivity contribution in [3.8, 4) is 11.4 Å². The Balaban J connectivity index is 1.97. The summed E-state index contributed by atoms with van der Waals surface area (Å²) in [5, 5.41) is 4.33. The SMILES string of the molecule is CCn1nccc1-c1cc(C)nc(C2CCCCN2C(=O)COC)n1. The van der Waals surface area contributed by atoms with Crippen LogP contribution in [-0.2, 0) is 16.1 Å². The number of amides is 1. The number of methoxy groups -OCH3 is 1. The van der Waals surface area contributed by atoms with Crippen LogP contribution in [0.4, 0.5) is 0 Å². The first kappa shape index (κ1) is 17.5. The lowest BCUT2D eigenvalue weighted by Crippen LogP contribution is -2.41. The molecule has 1 atom stereocenters. The highest BCUT2D eigenvalue weighted by molar-refractivity contribution is 5.78. The van der Waals surface area contributed by atoms with Gasteiger partial charge in [-0.2, -0.15) is 5.10 Å². The van der Waals surface area contributed by atoms with E-state index in [0.717, 1.165) is 49.4 Å². The number of carbonyl (C=O) groups is 1. The number of piperidine rings is 1. The van der Waals surface area contributed by atoms with Gasteiger partial charge in [-0.15, -0.1) is 0 Å². The number of nitrogens with zero attached hydrogens (tertiary/aromatic N) is 5. The largest absolute Gasteiger partial charge is 0.375 e. The molecule has 0 bridgehead atoms. The van der Waals surface area contributed by atoms with Crippen molar-refractivity contribution in [3.05, 3.63) is 29.8 Å². The van der Waals surface area contributed by atoms with Gasteiger partial charge in [-0.3, -0.25) is 9.48 Å². The van der Waals surface area contributed by atoms with Gasteiger partial charge in [0.05, 0.1) is 17.4 Å². The van der Waals surface area contributed by atoms with E-state index >= 15 is 0 Å². The molecule has 0 spiro atoms. The quantitative estimate of drug-likeness (QED) is 0.833. The summed E-state index contributed by atoms with van der Waals surface area (Å²) >= 11 is 0. The van der Waals surface area contributed by atoms with Crippen molar-refractivity contribution in [3.63, 3.8) is 0 Å². The van der Waals surface area contributed by atoms with Gasteiger partial charge in [0.1, 0.15) is 6.61 Å². The first-order chi connectivity index (χ1) is 12.1. The molecule has 1 aliphatic heterocycles. The van der Waals surface area contributed by atoms with Gasteiger partial charge in [-0.05, 0) is 45.2 Å². The first-order valence-electron chi connectivity index (χ1n) is 8.80. The number of aryl methyl sites for hydroxylation is 2. The van der Waals surface area contributed by atoms with E-state index < -0.39 is 0 Å². The second-order valence-electron chi connectivity index (χ2n) is 6.32. The minimum atomic E-state index is -0.0898. The van der Waals surface area contributed by atoms with Gasteiger partial charge in [0.15, 0.2) is 5.82 Å². The Morgan fingerprint density at radius 3 is 2.96 bits per heavy atom. The van der Waals surface area contributed by atoms with Crippen LogP contribution in [0.3, 0.4) is 0 Å². The average molecular weight is 343 g/mol. The zero-order valence-electron chi connectivity index (χ0n) is 15.1. The predicted molar refractivity (Wildman–Crippen MR) is 93.8 cm³/mol. The minimum Gasteiger partial charge on any atom is -0.375 e. The Bertz CT molecular complexity index is 743. The van der Waals surface area contributed by atoms with E-state index in [1.54, 1.807) is 13.3 Å². The average Bonchev–Trinajstić information content (AvgIpc) is 3.10. The highest BCUT2D eigenvalue weighted by Crippen LogP contribution is 2.30. The van der Waals surface area contributed by atoms with Crippen LogP contribution in [0.2, 0.25) is 0 Å². The summed E-state index contributed by atoms with van der Waals surface area (Å²) in [6.07, 6.45) is 4.74. The number of ether oxygens (including phenoxy) is 1. The molecule has 0 aromatic carbocycles. The van der Waals surface area contributed by atoms with Crippen LogP contribution in [0, 0.1) is 6.92 Å². The third-order valence-electron chi connectivity index (χ3n) is 4.54. The van der Waals surface area contributed by atoms with E-state index in [4.69, 9.17) is 9.72 Å². The number of likely N-dealkylation sites (tertiary alicyclic amines) is 1. The fraction of sp³-hybridized carbons (Fsp3) is 0.556. The van der Waals surface area contributed by atoms with Gasteiger partial charge in [0.25, 0.3) is 0 Å². The zero-order chi connectivity index (χ0) is 17.8. The maximum absolute atomic E-state index is 12.4. The Labute approximate surface area is 148 Å². The summed E-state index contributed by atoms with van der Waals surface area (Å²) in [6.45, 7) is 5.62. The summed E-state index contributed by atoms with van der Waals surface area (Å²) < 4.78 is 6.95. The number of aromatic nitrogens is 4. The van der Waals surface area contributed by atoms with Crippen molar-refractivity contribution in [1.29, 1.82) is 0 Å². The second-order valence-corrected chi connectivity index (χ2v) is 6.32. The smallest absolute Gasteiger partial charge is 0.249 e. The molecule has 1 saturated heterocycles. The van der Waals surface area contributed by atoms with E-state index in [9.17, 15) is 4.79 Å². The predicted octanol–water partition coefficient (Wildman–Crippen LogP) is 2.37. The molecule has 134 valence electrons. The molecule has 1 unspecified atom stereocenters. The molecule has 7 nitrogen and oxygen atoms in total. The summed E-state index contributed by atoms with van der Waals surface area (Å²) in [7, 11) is 1.55. The lowest BCUT2D eigenvalue weighted by Gasteiger charge is -2.34. The third-order valence-corrected chi connectivity index (χ3v) is 4.54. The molecule has 1 aliphatic rings. The summed E-state index contributed by atoms with van der Waals surface area (Å²) in [5.41, 5.74) is 2.72. The maximum atomic E-state index is 12.4. The number of rotatable bonds is 5. The summed E-state index contributed by atoms with van der Waals surface area (Å²) in [5.74, 6) is 0.709. The molecular formula is C18H25N5O2. The summed E-state index contributed by atoms with van der Waals surface area (Å²) in [4.78, 5) is 23.7. The molecule has 0 saturated carbocycles. The number of carbonyl (C=O) groups excluding carboxylic acids is 1. The molecule has 7 heteroatoms. The summed E-state index contributed by atoms with van der Waals surface area (Å²) in [6, 6.07) is 3.84. The van der Waals surface area contributed by atoms with E-state index in [0.29, 0.717) is 5.82 Å². The zero-order valence-corrected chi connectivity index (χ0v) is 15.1. The monoisotopic (exact) mass is 343 g/mol. The van der Waals surface area contributed by atoms with E-state index in [2.05, 4.69) is 17.0 Å². The van der Waals surface area contributed by atoms with Gasteiger partial charge in [0.2, 0.25) is 5.91 Å². The maximum Gasteiger partial charge on any atom is 0.249 e. The van der Waals surface area contributed by atoms with Gasteiger partial charge in [-0.25, -0.2) is 9.97 Å². The normalized spacial score (nSPS) is 17.7. The fourth-order valence-electron chi connectivity index (χ4n) is 3.38. The Hall–Kier alpha value is -2.28. The molecule has 25 heavy (non-hydrogen) atoms. The standard InChI is InChI=1S/C18H25N5O2/c1-4-23-15(8-9-19-23)14-11-13(2)20-18(21-14)16-7-5-6-10-22(16)17(24)12-25-3/h8-9,11,16H,4-7,10,12H2,1-3H3. The minimum absolute atomic E-state index is 0.00236. The Morgan fingerprint density at radius 2 is 2.20 bits per heavy atom. The van der Waals surface area contributed by atoms with Crippen LogP contribution in [0.25, 0.3) is 11.4 Å². The van der Waals surface area contributed by atoms with Crippen LogP contribution in [0.1, 0.15) is 43.7 Å². The fourth-order valence-corrected chi connectivity index (χ4v) is 3.38. The molecule has 0 N–H and O–H groups in total. The van der Waals surface area contributed by atoms with Crippen molar-refractivity contribution in [1.82, 2.24) is 24.6 Å². The molecule has 1 fully saturated rings. The van der Waals surface area contributed by atoms with Crippen LogP contribution in [-0.4, -0.2) is 50.8 Å². The topological polar surface area (TPSA) is 73.1 Å².